The summed E-state index contributed by atoms with van der Waals surface area (Å²) in [5.74, 6) is -1.25. The van der Waals surface area contributed by atoms with Crippen LogP contribution in [0, 0.1) is 17.2 Å². The minimum atomic E-state index is -1.16. The Morgan fingerprint density at radius 1 is 1.38 bits per heavy atom. The van der Waals surface area contributed by atoms with Gasteiger partial charge in [0.25, 0.3) is 5.91 Å². The second-order valence-electron chi connectivity index (χ2n) is 9.86. The maximum absolute atomic E-state index is 15.1. The molecule has 3 aliphatic rings. The molecular weight excluding hydrogens is 413 g/mol. The average molecular weight is 446 g/mol. The molecule has 3 fully saturated rings. The number of carbonyl (C=O) groups excluding carboxylic acids is 1. The Kier molecular flexibility index (Phi) is 6.30. The van der Waals surface area contributed by atoms with Crippen LogP contribution in [-0.2, 0) is 9.53 Å². The van der Waals surface area contributed by atoms with Crippen LogP contribution in [0.4, 0.5) is 4.39 Å². The van der Waals surface area contributed by atoms with E-state index in [1.807, 2.05) is 0 Å². The van der Waals surface area contributed by atoms with Gasteiger partial charge in [0.05, 0.1) is 18.8 Å². The molecule has 0 bridgehead atoms. The van der Waals surface area contributed by atoms with Gasteiger partial charge in [-0.2, -0.15) is 0 Å². The second kappa shape index (κ2) is 8.85. The van der Waals surface area contributed by atoms with Crippen molar-refractivity contribution in [3.05, 3.63) is 41.2 Å². The van der Waals surface area contributed by atoms with E-state index in [1.165, 1.54) is 11.6 Å². The van der Waals surface area contributed by atoms with Gasteiger partial charge in [-0.3, -0.25) is 9.69 Å². The zero-order valence-electron chi connectivity index (χ0n) is 18.9. The lowest BCUT2D eigenvalue weighted by atomic mass is 9.67. The van der Waals surface area contributed by atoms with E-state index in [9.17, 15) is 14.7 Å². The van der Waals surface area contributed by atoms with E-state index >= 15 is 4.39 Å². The summed E-state index contributed by atoms with van der Waals surface area (Å²) in [7, 11) is 0. The summed E-state index contributed by atoms with van der Waals surface area (Å²) in [6, 6.07) is 1.76. The predicted molar refractivity (Wildman–Crippen MR) is 117 cm³/mol. The number of rotatable bonds is 7. The van der Waals surface area contributed by atoms with E-state index in [4.69, 9.17) is 9.47 Å². The zero-order chi connectivity index (χ0) is 23.0. The third kappa shape index (κ3) is 4.53. The fraction of sp³-hybridized carbons (Fsp3) is 0.600. The third-order valence-electron chi connectivity index (χ3n) is 7.10. The van der Waals surface area contributed by atoms with Crippen LogP contribution >= 0.6 is 0 Å². The zero-order valence-corrected chi connectivity index (χ0v) is 18.9. The number of carbonyl (C=O) groups is 2. The molecule has 1 saturated heterocycles. The number of hydrogen-bond acceptors (Lipinski definition) is 4. The van der Waals surface area contributed by atoms with Crippen molar-refractivity contribution in [3.63, 3.8) is 0 Å². The molecule has 0 radical (unpaired) electrons. The number of carboxylic acid groups (broad SMARTS) is 1. The van der Waals surface area contributed by atoms with Crippen molar-refractivity contribution in [2.24, 2.45) is 11.3 Å². The van der Waals surface area contributed by atoms with E-state index in [0.717, 1.165) is 49.0 Å². The first kappa shape index (κ1) is 22.8. The van der Waals surface area contributed by atoms with Crippen LogP contribution in [0.15, 0.2) is 24.3 Å². The van der Waals surface area contributed by atoms with Gasteiger partial charge >= 0.3 is 5.97 Å². The Bertz CT molecular complexity index is 927. The van der Waals surface area contributed by atoms with Crippen molar-refractivity contribution in [2.45, 2.75) is 64.3 Å². The van der Waals surface area contributed by atoms with Gasteiger partial charge in [0.2, 0.25) is 0 Å². The van der Waals surface area contributed by atoms with Crippen molar-refractivity contribution in [1.29, 1.82) is 0 Å². The lowest BCUT2D eigenvalue weighted by molar-refractivity contribution is -0.141. The highest BCUT2D eigenvalue weighted by molar-refractivity contribution is 5.97. The van der Waals surface area contributed by atoms with Crippen molar-refractivity contribution in [3.8, 4) is 5.75 Å². The number of amides is 1. The first-order valence-electron chi connectivity index (χ1n) is 11.5. The van der Waals surface area contributed by atoms with Crippen LogP contribution in [0.3, 0.4) is 0 Å². The van der Waals surface area contributed by atoms with Gasteiger partial charge in [0, 0.05) is 11.5 Å². The van der Waals surface area contributed by atoms with Crippen molar-refractivity contribution >= 4 is 11.9 Å². The predicted octanol–water partition coefficient (Wildman–Crippen LogP) is 4.74. The first-order chi connectivity index (χ1) is 15.2. The van der Waals surface area contributed by atoms with Crippen LogP contribution in [0.2, 0.25) is 0 Å². The lowest BCUT2D eigenvalue weighted by Gasteiger charge is -2.40. The maximum atomic E-state index is 15.1. The summed E-state index contributed by atoms with van der Waals surface area (Å²) >= 11 is 0. The largest absolute Gasteiger partial charge is 0.493 e. The van der Waals surface area contributed by atoms with E-state index in [-0.39, 0.29) is 30.2 Å². The molecule has 4 rings (SSSR count). The molecule has 7 heteroatoms. The summed E-state index contributed by atoms with van der Waals surface area (Å²) in [5, 5.41) is 9.33. The Morgan fingerprint density at radius 3 is 2.75 bits per heavy atom. The van der Waals surface area contributed by atoms with Gasteiger partial charge in [-0.1, -0.05) is 26.0 Å². The molecule has 1 amide bonds. The van der Waals surface area contributed by atoms with Crippen molar-refractivity contribution in [1.82, 2.24) is 4.90 Å². The highest BCUT2D eigenvalue weighted by Crippen LogP contribution is 2.47. The monoisotopic (exact) mass is 445 g/mol. The number of benzene rings is 1. The Labute approximate surface area is 188 Å². The Morgan fingerprint density at radius 2 is 2.12 bits per heavy atom. The van der Waals surface area contributed by atoms with Gasteiger partial charge in [0.15, 0.2) is 6.04 Å². The Balaban J connectivity index is 1.58. The number of ether oxygens (including phenoxy) is 2. The topological polar surface area (TPSA) is 76.1 Å². The first-order valence-corrected chi connectivity index (χ1v) is 11.5. The molecular formula is C25H32FNO5. The Hall–Kier alpha value is -2.41. The van der Waals surface area contributed by atoms with E-state index in [0.29, 0.717) is 18.3 Å². The molecule has 2 unspecified atom stereocenters. The van der Waals surface area contributed by atoms with E-state index in [1.54, 1.807) is 6.07 Å². The molecule has 0 spiro atoms. The fourth-order valence-corrected chi connectivity index (χ4v) is 5.27. The van der Waals surface area contributed by atoms with Gasteiger partial charge in [0.1, 0.15) is 18.3 Å². The molecule has 1 aromatic carbocycles. The molecule has 2 saturated carbocycles. The van der Waals surface area contributed by atoms with Crippen LogP contribution < -0.4 is 4.74 Å². The van der Waals surface area contributed by atoms with Crippen LogP contribution in [-0.4, -0.2) is 47.9 Å². The number of carboxylic acids is 1. The number of nitrogens with zero attached hydrogens (tertiary/aromatic N) is 1. The summed E-state index contributed by atoms with van der Waals surface area (Å²) in [6.07, 6.45) is 5.89. The highest BCUT2D eigenvalue weighted by atomic mass is 19.1. The fourth-order valence-electron chi connectivity index (χ4n) is 5.27. The third-order valence-corrected chi connectivity index (χ3v) is 7.10. The van der Waals surface area contributed by atoms with Gasteiger partial charge < -0.3 is 14.6 Å². The van der Waals surface area contributed by atoms with E-state index < -0.39 is 23.7 Å². The molecule has 174 valence electrons. The number of halogens is 1. The van der Waals surface area contributed by atoms with Crippen molar-refractivity contribution in [2.75, 3.05) is 19.9 Å². The van der Waals surface area contributed by atoms with Gasteiger partial charge in [-0.05, 0) is 62.0 Å². The molecule has 0 aromatic heterocycles. The highest BCUT2D eigenvalue weighted by Gasteiger charge is 2.39. The number of aliphatic carboxylic acids is 1. The van der Waals surface area contributed by atoms with Crippen LogP contribution in [0.25, 0.3) is 0 Å². The van der Waals surface area contributed by atoms with Crippen LogP contribution in [0.5, 0.6) is 5.75 Å². The number of allylic oxidation sites excluding steroid dienone is 1. The SMILES string of the molecule is C=C1CC(C)CC(CC)(COc2cc(F)c(C(=O)N3COC[C@H]3C(=O)O)cc2C2CC2)C1. The second-order valence-corrected chi connectivity index (χ2v) is 9.86. The lowest BCUT2D eigenvalue weighted by Crippen LogP contribution is -2.42. The molecule has 32 heavy (non-hydrogen) atoms. The van der Waals surface area contributed by atoms with Crippen LogP contribution in [0.1, 0.15) is 74.2 Å². The molecule has 1 aliphatic heterocycles. The maximum Gasteiger partial charge on any atom is 0.328 e. The minimum absolute atomic E-state index is 0.0118. The quantitative estimate of drug-likeness (QED) is 0.614. The molecule has 1 heterocycles. The summed E-state index contributed by atoms with van der Waals surface area (Å²) in [6.45, 7) is 8.84. The molecule has 1 aromatic rings. The van der Waals surface area contributed by atoms with Gasteiger partial charge in [-0.25, -0.2) is 9.18 Å². The molecule has 2 aliphatic carbocycles. The summed E-state index contributed by atoms with van der Waals surface area (Å²) < 4.78 is 26.5. The number of hydrogen-bond donors (Lipinski definition) is 1. The van der Waals surface area contributed by atoms with Gasteiger partial charge in [-0.15, -0.1) is 0 Å². The van der Waals surface area contributed by atoms with E-state index in [2.05, 4.69) is 20.4 Å². The van der Waals surface area contributed by atoms with Crippen molar-refractivity contribution < 1.29 is 28.6 Å². The molecule has 3 atom stereocenters. The average Bonchev–Trinajstić information content (AvgIpc) is 3.46. The normalized spacial score (nSPS) is 28.1. The standard InChI is InChI=1S/C25H32FNO5/c1-4-25(10-15(2)7-16(3)11-25)13-32-22-9-20(26)19(8-18(22)17-5-6-17)23(28)27-14-31-12-21(27)24(29)30/h8-9,16-17,21H,2,4-7,10-14H2,1,3H3,(H,29,30)/t16?,21-,25?/m0/s1. The summed E-state index contributed by atoms with van der Waals surface area (Å²) in [4.78, 5) is 25.4. The minimum Gasteiger partial charge on any atom is -0.493 e. The molecule has 1 N–H and O–H groups in total. The summed E-state index contributed by atoms with van der Waals surface area (Å²) in [5.41, 5.74) is 1.93. The molecule has 6 nitrogen and oxygen atoms in total. The smallest absolute Gasteiger partial charge is 0.328 e.